The third-order valence-electron chi connectivity index (χ3n) is 3.55. The maximum atomic E-state index is 12.7. The number of hydrogen-bond acceptors (Lipinski definition) is 5. The minimum absolute atomic E-state index is 0.0214. The van der Waals surface area contributed by atoms with E-state index in [1.165, 1.54) is 23.5 Å². The summed E-state index contributed by atoms with van der Waals surface area (Å²) < 4.78 is 33.4. The number of ether oxygens (including phenoxy) is 1. The third kappa shape index (κ3) is 3.41. The van der Waals surface area contributed by atoms with Gasteiger partial charge in [-0.1, -0.05) is 24.6 Å². The van der Waals surface area contributed by atoms with Gasteiger partial charge in [0, 0.05) is 10.9 Å². The van der Waals surface area contributed by atoms with Gasteiger partial charge in [0.1, 0.15) is 10.6 Å². The second kappa shape index (κ2) is 6.72. The predicted octanol–water partition coefficient (Wildman–Crippen LogP) is 3.16. The van der Waals surface area contributed by atoms with Gasteiger partial charge in [0.15, 0.2) is 6.61 Å². The summed E-state index contributed by atoms with van der Waals surface area (Å²) >= 11 is 7.61. The summed E-state index contributed by atoms with van der Waals surface area (Å²) in [6.07, 6.45) is 0.606. The normalized spacial score (nSPS) is 15.3. The highest BCUT2D eigenvalue weighted by atomic mass is 35.5. The van der Waals surface area contributed by atoms with Crippen molar-refractivity contribution >= 4 is 44.6 Å². The number of halogens is 1. The summed E-state index contributed by atoms with van der Waals surface area (Å²) in [5, 5.41) is 4.51. The smallest absolute Gasteiger partial charge is 0.262 e. The molecule has 0 fully saturated rings. The van der Waals surface area contributed by atoms with E-state index < -0.39 is 10.0 Å². The standard InChI is InChI=1S/C15H15ClN2O4S2/c1-2-10(13-4-3-5-23-13)18-24(20,21)14-7-12-11(6-9(14)16)17-15(19)8-22-12/h3-7,10,18H,2,8H2,1H3,(H,17,19)/t10-/m0/s1. The lowest BCUT2D eigenvalue weighted by Crippen LogP contribution is -2.29. The van der Waals surface area contributed by atoms with E-state index in [0.717, 1.165) is 4.88 Å². The molecule has 0 saturated carbocycles. The molecule has 3 rings (SSSR count). The van der Waals surface area contributed by atoms with Crippen LogP contribution in [0.3, 0.4) is 0 Å². The summed E-state index contributed by atoms with van der Waals surface area (Å²) in [6.45, 7) is 1.74. The van der Waals surface area contributed by atoms with E-state index in [2.05, 4.69) is 10.0 Å². The number of carbonyl (C=O) groups is 1. The maximum absolute atomic E-state index is 12.7. The predicted molar refractivity (Wildman–Crippen MR) is 93.2 cm³/mol. The number of thiophene rings is 1. The van der Waals surface area contributed by atoms with Gasteiger partial charge in [-0.3, -0.25) is 4.79 Å². The first-order valence-corrected chi connectivity index (χ1v) is 9.96. The van der Waals surface area contributed by atoms with E-state index >= 15 is 0 Å². The summed E-state index contributed by atoms with van der Waals surface area (Å²) in [5.41, 5.74) is 0.362. The number of fused-ring (bicyclic) bond motifs is 1. The zero-order valence-corrected chi connectivity index (χ0v) is 15.1. The number of anilines is 1. The molecule has 24 heavy (non-hydrogen) atoms. The fourth-order valence-electron chi connectivity index (χ4n) is 2.37. The topological polar surface area (TPSA) is 84.5 Å². The van der Waals surface area contributed by atoms with Crippen LogP contribution in [0.1, 0.15) is 24.3 Å². The van der Waals surface area contributed by atoms with Gasteiger partial charge >= 0.3 is 0 Å². The van der Waals surface area contributed by atoms with Crippen LogP contribution in [0.15, 0.2) is 34.5 Å². The summed E-state index contributed by atoms with van der Waals surface area (Å²) in [7, 11) is -3.84. The fourth-order valence-corrected chi connectivity index (χ4v) is 5.15. The molecule has 2 N–H and O–H groups in total. The molecule has 0 bridgehead atoms. The molecule has 2 heterocycles. The Hall–Kier alpha value is -1.61. The number of carbonyl (C=O) groups excluding carboxylic acids is 1. The lowest BCUT2D eigenvalue weighted by molar-refractivity contribution is -0.118. The van der Waals surface area contributed by atoms with Gasteiger partial charge in [-0.2, -0.15) is 0 Å². The molecule has 0 radical (unpaired) electrons. The van der Waals surface area contributed by atoms with E-state index in [0.29, 0.717) is 12.1 Å². The molecule has 2 aromatic rings. The molecule has 0 aliphatic carbocycles. The molecule has 0 saturated heterocycles. The van der Waals surface area contributed by atoms with Gasteiger partial charge in [0.2, 0.25) is 10.0 Å². The first kappa shape index (κ1) is 17.2. The van der Waals surface area contributed by atoms with Crippen LogP contribution < -0.4 is 14.8 Å². The zero-order valence-electron chi connectivity index (χ0n) is 12.7. The molecule has 9 heteroatoms. The number of hydrogen-bond donors (Lipinski definition) is 2. The minimum Gasteiger partial charge on any atom is -0.482 e. The van der Waals surface area contributed by atoms with Crippen LogP contribution >= 0.6 is 22.9 Å². The molecule has 1 atom stereocenters. The van der Waals surface area contributed by atoms with Gasteiger partial charge < -0.3 is 10.1 Å². The van der Waals surface area contributed by atoms with E-state index in [-0.39, 0.29) is 34.2 Å². The highest BCUT2D eigenvalue weighted by Gasteiger charge is 2.27. The minimum atomic E-state index is -3.84. The number of rotatable bonds is 5. The van der Waals surface area contributed by atoms with Gasteiger partial charge in [0.05, 0.1) is 16.8 Å². The van der Waals surface area contributed by atoms with Crippen molar-refractivity contribution in [3.8, 4) is 5.75 Å². The van der Waals surface area contributed by atoms with Crippen molar-refractivity contribution in [1.82, 2.24) is 4.72 Å². The quantitative estimate of drug-likeness (QED) is 0.826. The monoisotopic (exact) mass is 386 g/mol. The molecule has 1 aliphatic rings. The highest BCUT2D eigenvalue weighted by Crippen LogP contribution is 2.36. The molecule has 1 amide bonds. The SMILES string of the molecule is CC[C@H](NS(=O)(=O)c1cc2c(cc1Cl)NC(=O)CO2)c1cccs1. The Morgan fingerprint density at radius 1 is 1.46 bits per heavy atom. The van der Waals surface area contributed by atoms with Gasteiger partial charge in [-0.15, -0.1) is 11.3 Å². The number of amides is 1. The molecule has 1 aliphatic heterocycles. The van der Waals surface area contributed by atoms with Crippen molar-refractivity contribution in [2.24, 2.45) is 0 Å². The van der Waals surface area contributed by atoms with Crippen molar-refractivity contribution in [3.63, 3.8) is 0 Å². The van der Waals surface area contributed by atoms with Crippen molar-refractivity contribution < 1.29 is 17.9 Å². The first-order valence-electron chi connectivity index (χ1n) is 7.22. The van der Waals surface area contributed by atoms with Crippen molar-refractivity contribution in [2.75, 3.05) is 11.9 Å². The van der Waals surface area contributed by atoms with Crippen molar-refractivity contribution in [3.05, 3.63) is 39.5 Å². The number of sulfonamides is 1. The van der Waals surface area contributed by atoms with Gasteiger partial charge in [0.25, 0.3) is 5.91 Å². The average Bonchev–Trinajstić information content (AvgIpc) is 3.06. The molecule has 6 nitrogen and oxygen atoms in total. The van der Waals surface area contributed by atoms with E-state index in [9.17, 15) is 13.2 Å². The molecular formula is C15H15ClN2O4S2. The number of benzene rings is 1. The first-order chi connectivity index (χ1) is 11.4. The summed E-state index contributed by atoms with van der Waals surface area (Å²) in [6, 6.07) is 6.14. The van der Waals surface area contributed by atoms with Gasteiger partial charge in [-0.25, -0.2) is 13.1 Å². The van der Waals surface area contributed by atoms with Crippen LogP contribution in [0, 0.1) is 0 Å². The van der Waals surface area contributed by atoms with Crippen LogP contribution in [-0.4, -0.2) is 20.9 Å². The molecule has 0 spiro atoms. The second-order valence-corrected chi connectivity index (χ2v) is 8.28. The van der Waals surface area contributed by atoms with Crippen LogP contribution in [-0.2, 0) is 14.8 Å². The van der Waals surface area contributed by atoms with E-state index in [4.69, 9.17) is 16.3 Å². The van der Waals surface area contributed by atoms with Crippen LogP contribution in [0.2, 0.25) is 5.02 Å². The Balaban J connectivity index is 1.93. The van der Waals surface area contributed by atoms with Crippen molar-refractivity contribution in [2.45, 2.75) is 24.3 Å². The second-order valence-electron chi connectivity index (χ2n) is 5.21. The van der Waals surface area contributed by atoms with E-state index in [1.54, 1.807) is 0 Å². The van der Waals surface area contributed by atoms with Crippen LogP contribution in [0.5, 0.6) is 5.75 Å². The zero-order chi connectivity index (χ0) is 17.3. The summed E-state index contributed by atoms with van der Waals surface area (Å²) in [4.78, 5) is 12.2. The summed E-state index contributed by atoms with van der Waals surface area (Å²) in [5.74, 6) is -0.0282. The Bertz CT molecular complexity index is 866. The lowest BCUT2D eigenvalue weighted by Gasteiger charge is -2.21. The van der Waals surface area contributed by atoms with Crippen LogP contribution in [0.25, 0.3) is 0 Å². The molecule has 0 unspecified atom stereocenters. The maximum Gasteiger partial charge on any atom is 0.262 e. The van der Waals surface area contributed by atoms with Crippen LogP contribution in [0.4, 0.5) is 5.69 Å². The number of nitrogens with one attached hydrogen (secondary N) is 2. The Kier molecular flexibility index (Phi) is 4.82. The average molecular weight is 387 g/mol. The molecule has 1 aromatic carbocycles. The van der Waals surface area contributed by atoms with E-state index in [1.807, 2.05) is 24.4 Å². The largest absolute Gasteiger partial charge is 0.482 e. The molecular weight excluding hydrogens is 372 g/mol. The molecule has 128 valence electrons. The Morgan fingerprint density at radius 3 is 2.92 bits per heavy atom. The van der Waals surface area contributed by atoms with Crippen molar-refractivity contribution in [1.29, 1.82) is 0 Å². The Morgan fingerprint density at radius 2 is 2.25 bits per heavy atom. The molecule has 1 aromatic heterocycles. The highest BCUT2D eigenvalue weighted by molar-refractivity contribution is 7.89. The third-order valence-corrected chi connectivity index (χ3v) is 6.47. The Labute approximate surface area is 148 Å². The lowest BCUT2D eigenvalue weighted by atomic mass is 10.2. The fraction of sp³-hybridized carbons (Fsp3) is 0.267. The van der Waals surface area contributed by atoms with Gasteiger partial charge in [-0.05, 0) is 23.9 Å².